The number of allylic oxidation sites excluding steroid dienone is 2. The van der Waals surface area contributed by atoms with Crippen LogP contribution in [0.1, 0.15) is 49.3 Å². The zero-order valence-electron chi connectivity index (χ0n) is 20.2. The number of aryl methyl sites for hydroxylation is 1. The topological polar surface area (TPSA) is 74.1 Å². The molecule has 0 amide bonds. The number of hydrogen-bond donors (Lipinski definition) is 1. The smallest absolute Gasteiger partial charge is 0.179 e. The van der Waals surface area contributed by atoms with Crippen molar-refractivity contribution in [2.75, 3.05) is 13.6 Å². The molecular weight excluding hydrogens is 424 g/mol. The van der Waals surface area contributed by atoms with Crippen LogP contribution in [0.4, 0.5) is 0 Å². The monoisotopic (exact) mass is 458 g/mol. The van der Waals surface area contributed by atoms with Crippen LogP contribution >= 0.6 is 0 Å². The standard InChI is InChI=1S/C28H34N4O2/c1-4-29-14-8-6-5-7-9-15-32(3)28-19-27(28,2)31-20-30-26(28)25(34)13-11-21-10-12-22-17-24(33)18-23(22)16-21/h4,6,8-10,12,15-16,20,29H,1,5,7,11,13-14,17-19H2,2-3H3/b8-6+,15-9+. The van der Waals surface area contributed by atoms with Crippen LogP contribution in [0.15, 0.2) is 65.4 Å². The molecule has 178 valence electrons. The van der Waals surface area contributed by atoms with Gasteiger partial charge in [0.1, 0.15) is 23.4 Å². The predicted octanol–water partition coefficient (Wildman–Crippen LogP) is 3.76. The minimum atomic E-state index is -0.469. The van der Waals surface area contributed by atoms with E-state index in [2.05, 4.69) is 64.2 Å². The lowest BCUT2D eigenvalue weighted by atomic mass is 9.94. The minimum absolute atomic E-state index is 0.0735. The molecule has 0 bridgehead atoms. The van der Waals surface area contributed by atoms with E-state index in [-0.39, 0.29) is 17.1 Å². The van der Waals surface area contributed by atoms with Crippen molar-refractivity contribution in [3.05, 3.63) is 72.1 Å². The molecule has 0 spiro atoms. The van der Waals surface area contributed by atoms with Crippen LogP contribution in [0.25, 0.3) is 0 Å². The number of benzene rings is 1. The number of rotatable bonds is 12. The largest absolute Gasteiger partial charge is 0.388 e. The van der Waals surface area contributed by atoms with E-state index in [1.807, 2.05) is 19.2 Å². The molecular formula is C28H34N4O2. The zero-order chi connectivity index (χ0) is 24.2. The molecule has 0 radical (unpaired) electrons. The number of unbranched alkanes of at least 4 members (excludes halogenated alkanes) is 1. The van der Waals surface area contributed by atoms with E-state index in [4.69, 9.17) is 0 Å². The van der Waals surface area contributed by atoms with Crippen LogP contribution in [0.2, 0.25) is 0 Å². The van der Waals surface area contributed by atoms with Gasteiger partial charge in [0.15, 0.2) is 5.78 Å². The summed E-state index contributed by atoms with van der Waals surface area (Å²) in [7, 11) is 2.02. The van der Waals surface area contributed by atoms with Crippen molar-refractivity contribution in [2.45, 2.75) is 62.9 Å². The number of likely N-dealkylation sites (N-methyl/N-ethyl adjacent to an activating group) is 1. The molecule has 1 saturated carbocycles. The Balaban J connectivity index is 1.37. The van der Waals surface area contributed by atoms with Gasteiger partial charge in [-0.15, -0.1) is 0 Å². The predicted molar refractivity (Wildman–Crippen MR) is 137 cm³/mol. The molecule has 34 heavy (non-hydrogen) atoms. The van der Waals surface area contributed by atoms with Crippen LogP contribution in [-0.4, -0.2) is 53.2 Å². The lowest BCUT2D eigenvalue weighted by Crippen LogP contribution is -2.49. The number of aliphatic imine (C=N–C) groups is 2. The summed E-state index contributed by atoms with van der Waals surface area (Å²) in [5, 5.41) is 3.04. The normalized spacial score (nSPS) is 24.8. The number of nitrogens with zero attached hydrogens (tertiary/aromatic N) is 3. The van der Waals surface area contributed by atoms with Crippen LogP contribution in [0.3, 0.4) is 0 Å². The van der Waals surface area contributed by atoms with E-state index >= 15 is 0 Å². The third kappa shape index (κ3) is 4.67. The molecule has 0 saturated heterocycles. The average Bonchev–Trinajstić information content (AvgIpc) is 3.32. The third-order valence-electron chi connectivity index (χ3n) is 7.22. The summed E-state index contributed by atoms with van der Waals surface area (Å²) < 4.78 is 0. The van der Waals surface area contributed by atoms with Gasteiger partial charge in [-0.1, -0.05) is 43.0 Å². The van der Waals surface area contributed by atoms with Crippen LogP contribution in [0.5, 0.6) is 0 Å². The molecule has 3 aliphatic rings. The number of ketones is 2. The van der Waals surface area contributed by atoms with Crippen LogP contribution in [-0.2, 0) is 28.9 Å². The molecule has 0 aromatic heterocycles. The summed E-state index contributed by atoms with van der Waals surface area (Å²) in [6, 6.07) is 6.17. The van der Waals surface area contributed by atoms with Crippen molar-refractivity contribution in [3.63, 3.8) is 0 Å². The van der Waals surface area contributed by atoms with E-state index in [9.17, 15) is 9.59 Å². The SMILES string of the molecule is C=CNC/C=C/CC/C=C/N(C)C12CC1(C)N=CN=C2C(=O)CCc1ccc2c(c1)CC(=O)C2. The Bertz CT molecular complexity index is 1100. The number of carbonyl (C=O) groups is 2. The van der Waals surface area contributed by atoms with Crippen molar-refractivity contribution in [2.24, 2.45) is 9.98 Å². The summed E-state index contributed by atoms with van der Waals surface area (Å²) in [5.74, 6) is 0.343. The van der Waals surface area contributed by atoms with Gasteiger partial charge in [-0.2, -0.15) is 0 Å². The fourth-order valence-electron chi connectivity index (χ4n) is 5.18. The Hall–Kier alpha value is -3.28. The van der Waals surface area contributed by atoms with Crippen LogP contribution in [0, 0.1) is 0 Å². The Labute approximate surface area is 202 Å². The molecule has 1 aromatic rings. The maximum Gasteiger partial charge on any atom is 0.179 e. The van der Waals surface area contributed by atoms with Gasteiger partial charge in [0.05, 0.1) is 5.54 Å². The lowest BCUT2D eigenvalue weighted by molar-refractivity contribution is -0.117. The van der Waals surface area contributed by atoms with E-state index in [0.717, 1.165) is 42.5 Å². The summed E-state index contributed by atoms with van der Waals surface area (Å²) >= 11 is 0. The number of carbonyl (C=O) groups excluding carboxylic acids is 2. The first-order valence-electron chi connectivity index (χ1n) is 12.1. The summed E-state index contributed by atoms with van der Waals surface area (Å²) in [5.41, 5.74) is 3.16. The first-order chi connectivity index (χ1) is 16.4. The van der Waals surface area contributed by atoms with Crippen molar-refractivity contribution < 1.29 is 9.59 Å². The Kier molecular flexibility index (Phi) is 6.96. The number of hydrogen-bond acceptors (Lipinski definition) is 6. The second kappa shape index (κ2) is 9.92. The Morgan fingerprint density at radius 2 is 2.00 bits per heavy atom. The lowest BCUT2D eigenvalue weighted by Gasteiger charge is -2.32. The fraction of sp³-hybridized carbons (Fsp3) is 0.429. The van der Waals surface area contributed by atoms with E-state index in [1.165, 1.54) is 0 Å². The maximum absolute atomic E-state index is 13.3. The van der Waals surface area contributed by atoms with Gasteiger partial charge in [0.2, 0.25) is 0 Å². The molecule has 6 nitrogen and oxygen atoms in total. The average molecular weight is 459 g/mol. The van der Waals surface area contributed by atoms with Crippen molar-refractivity contribution >= 4 is 23.6 Å². The summed E-state index contributed by atoms with van der Waals surface area (Å²) in [6.07, 6.45) is 16.5. The highest BCUT2D eigenvalue weighted by Crippen LogP contribution is 2.57. The van der Waals surface area contributed by atoms with Crippen LogP contribution < -0.4 is 5.32 Å². The van der Waals surface area contributed by atoms with Gasteiger partial charge in [0, 0.05) is 39.3 Å². The summed E-state index contributed by atoms with van der Waals surface area (Å²) in [6.45, 7) is 6.52. The van der Waals surface area contributed by atoms with Gasteiger partial charge in [-0.05, 0) is 55.3 Å². The maximum atomic E-state index is 13.3. The first kappa shape index (κ1) is 23.9. The third-order valence-corrected chi connectivity index (χ3v) is 7.22. The number of nitrogens with one attached hydrogen (secondary N) is 1. The van der Waals surface area contributed by atoms with Gasteiger partial charge in [-0.25, -0.2) is 4.99 Å². The highest BCUT2D eigenvalue weighted by molar-refractivity contribution is 6.46. The quantitative estimate of drug-likeness (QED) is 0.382. The van der Waals surface area contributed by atoms with Crippen molar-refractivity contribution in [3.8, 4) is 0 Å². The molecule has 1 aliphatic heterocycles. The molecule has 2 unspecified atom stereocenters. The van der Waals surface area contributed by atoms with E-state index in [1.54, 1.807) is 12.5 Å². The van der Waals surface area contributed by atoms with E-state index in [0.29, 0.717) is 31.4 Å². The molecule has 6 heteroatoms. The highest BCUT2D eigenvalue weighted by atomic mass is 16.1. The second-order valence-corrected chi connectivity index (χ2v) is 9.61. The number of fused-ring (bicyclic) bond motifs is 2. The van der Waals surface area contributed by atoms with Gasteiger partial charge < -0.3 is 10.2 Å². The Morgan fingerprint density at radius 1 is 1.21 bits per heavy atom. The molecule has 1 aromatic carbocycles. The molecule has 1 heterocycles. The van der Waals surface area contributed by atoms with Gasteiger partial charge in [0.25, 0.3) is 0 Å². The molecule has 2 aliphatic carbocycles. The minimum Gasteiger partial charge on any atom is -0.388 e. The van der Waals surface area contributed by atoms with Gasteiger partial charge in [-0.3, -0.25) is 14.6 Å². The molecule has 2 atom stereocenters. The van der Waals surface area contributed by atoms with Gasteiger partial charge >= 0.3 is 0 Å². The van der Waals surface area contributed by atoms with E-state index < -0.39 is 5.54 Å². The first-order valence-corrected chi connectivity index (χ1v) is 12.1. The molecule has 4 rings (SSSR count). The zero-order valence-corrected chi connectivity index (χ0v) is 20.2. The van der Waals surface area contributed by atoms with Crippen molar-refractivity contribution in [1.29, 1.82) is 0 Å². The number of Topliss-reactive ketones (excluding diaryl/α,β-unsaturated/α-hetero) is 2. The molecule has 1 N–H and O–H groups in total. The highest BCUT2D eigenvalue weighted by Gasteiger charge is 2.72. The molecule has 1 fully saturated rings. The second-order valence-electron chi connectivity index (χ2n) is 9.61. The fourth-order valence-corrected chi connectivity index (χ4v) is 5.18. The Morgan fingerprint density at radius 3 is 2.82 bits per heavy atom. The van der Waals surface area contributed by atoms with Crippen molar-refractivity contribution in [1.82, 2.24) is 10.2 Å². The summed E-state index contributed by atoms with van der Waals surface area (Å²) in [4.78, 5) is 36.3.